The van der Waals surface area contributed by atoms with Gasteiger partial charge in [0.25, 0.3) is 11.8 Å². The molecule has 0 saturated carbocycles. The van der Waals surface area contributed by atoms with Crippen LogP contribution in [0.25, 0.3) is 0 Å². The number of anilines is 1. The van der Waals surface area contributed by atoms with E-state index in [4.69, 9.17) is 0 Å². The summed E-state index contributed by atoms with van der Waals surface area (Å²) in [4.78, 5) is 29.5. The maximum atomic E-state index is 13.8. The summed E-state index contributed by atoms with van der Waals surface area (Å²) in [5, 5.41) is 2.95. The minimum absolute atomic E-state index is 0.238. The van der Waals surface area contributed by atoms with Crippen molar-refractivity contribution in [3.8, 4) is 0 Å². The molecule has 0 spiro atoms. The van der Waals surface area contributed by atoms with Gasteiger partial charge in [-0.25, -0.2) is 4.21 Å². The lowest BCUT2D eigenvalue weighted by Crippen LogP contribution is -2.31. The van der Waals surface area contributed by atoms with Crippen molar-refractivity contribution in [1.29, 1.82) is 0 Å². The van der Waals surface area contributed by atoms with Crippen LogP contribution in [-0.2, 0) is 23.9 Å². The van der Waals surface area contributed by atoms with Gasteiger partial charge >= 0.3 is 0 Å². The van der Waals surface area contributed by atoms with E-state index in [0.717, 1.165) is 22.3 Å². The van der Waals surface area contributed by atoms with Crippen LogP contribution in [0.1, 0.15) is 43.0 Å². The number of rotatable bonds is 5. The molecule has 0 unspecified atom stereocenters. The van der Waals surface area contributed by atoms with Gasteiger partial charge in [0, 0.05) is 12.1 Å². The number of aryl methyl sites for hydroxylation is 2. The van der Waals surface area contributed by atoms with Crippen LogP contribution in [0.15, 0.2) is 101 Å². The normalized spacial score (nSPS) is 14.6. The number of nitrogens with one attached hydrogen (secondary N) is 1. The van der Waals surface area contributed by atoms with Gasteiger partial charge in [0.1, 0.15) is 0 Å². The first-order valence-electron chi connectivity index (χ1n) is 11.8. The lowest BCUT2D eigenvalue weighted by molar-refractivity contribution is 0.0947. The van der Waals surface area contributed by atoms with Gasteiger partial charge in [-0.2, -0.15) is 0 Å². The average molecular weight is 495 g/mol. The first-order chi connectivity index (χ1) is 17.4. The molecular formula is C30H26N2O3S. The molecule has 6 heteroatoms. The van der Waals surface area contributed by atoms with Crippen molar-refractivity contribution in [1.82, 2.24) is 5.32 Å². The van der Waals surface area contributed by atoms with Crippen LogP contribution >= 0.6 is 0 Å². The van der Waals surface area contributed by atoms with Gasteiger partial charge in [-0.3, -0.25) is 9.59 Å². The molecule has 36 heavy (non-hydrogen) atoms. The monoisotopic (exact) mass is 494 g/mol. The fourth-order valence-electron chi connectivity index (χ4n) is 4.31. The number of nitrogens with zero attached hydrogens (tertiary/aromatic N) is 1. The van der Waals surface area contributed by atoms with Crippen molar-refractivity contribution >= 4 is 28.3 Å². The highest BCUT2D eigenvalue weighted by atomic mass is 32.2. The molecule has 0 radical (unpaired) electrons. The largest absolute Gasteiger partial charge is 0.348 e. The first-order valence-corrected chi connectivity index (χ1v) is 12.9. The zero-order valence-corrected chi connectivity index (χ0v) is 21.0. The van der Waals surface area contributed by atoms with Crippen molar-refractivity contribution in [2.24, 2.45) is 0 Å². The van der Waals surface area contributed by atoms with E-state index in [1.165, 1.54) is 0 Å². The Kier molecular flexibility index (Phi) is 6.53. The average Bonchev–Trinajstić information content (AvgIpc) is 2.98. The Labute approximate surface area is 213 Å². The Morgan fingerprint density at radius 3 is 2.36 bits per heavy atom. The summed E-state index contributed by atoms with van der Waals surface area (Å²) in [5.74, 6) is -0.493. The third kappa shape index (κ3) is 4.60. The smallest absolute Gasteiger partial charge is 0.259 e. The van der Waals surface area contributed by atoms with Crippen molar-refractivity contribution in [2.45, 2.75) is 36.7 Å². The summed E-state index contributed by atoms with van der Waals surface area (Å²) in [6.45, 7) is 4.71. The summed E-state index contributed by atoms with van der Waals surface area (Å²) in [5.41, 5.74) is 5.49. The van der Waals surface area contributed by atoms with E-state index in [-0.39, 0.29) is 11.8 Å². The summed E-state index contributed by atoms with van der Waals surface area (Å²) < 4.78 is 13.6. The van der Waals surface area contributed by atoms with Crippen LogP contribution in [0.5, 0.6) is 0 Å². The van der Waals surface area contributed by atoms with Gasteiger partial charge in [-0.1, -0.05) is 66.2 Å². The zero-order valence-electron chi connectivity index (χ0n) is 20.2. The lowest BCUT2D eigenvalue weighted by Gasteiger charge is -2.24. The van der Waals surface area contributed by atoms with E-state index in [1.54, 1.807) is 47.4 Å². The standard InChI is InChI=1S/C30H26N2O3S/c1-20-11-13-22(14-12-20)18-31-29(33)23-15-16-28-26(17-23)32(19-24-8-4-3-7-21(24)2)30(34)25-9-5-6-10-27(25)36(28)35/h3-17H,18-19H2,1-2H3,(H,31,33)/t36-/m1/s1. The number of benzene rings is 4. The molecule has 1 N–H and O–H groups in total. The minimum Gasteiger partial charge on any atom is -0.348 e. The molecule has 1 aliphatic rings. The fraction of sp³-hybridized carbons (Fsp3) is 0.133. The Bertz CT molecular complexity index is 1490. The number of hydrogen-bond acceptors (Lipinski definition) is 3. The van der Waals surface area contributed by atoms with Crippen molar-refractivity contribution in [2.75, 3.05) is 4.90 Å². The van der Waals surface area contributed by atoms with Gasteiger partial charge in [0.2, 0.25) is 0 Å². The second-order valence-corrected chi connectivity index (χ2v) is 10.4. The van der Waals surface area contributed by atoms with Crippen LogP contribution in [0.3, 0.4) is 0 Å². The van der Waals surface area contributed by atoms with Gasteiger partial charge in [0.15, 0.2) is 0 Å². The van der Waals surface area contributed by atoms with Gasteiger partial charge in [0.05, 0.1) is 38.4 Å². The summed E-state index contributed by atoms with van der Waals surface area (Å²) >= 11 is 0. The molecule has 5 rings (SSSR count). The second kappa shape index (κ2) is 9.91. The summed E-state index contributed by atoms with van der Waals surface area (Å²) in [6, 6.07) is 27.9. The molecule has 1 aliphatic heterocycles. The van der Waals surface area contributed by atoms with E-state index >= 15 is 0 Å². The highest BCUT2D eigenvalue weighted by molar-refractivity contribution is 7.85. The van der Waals surface area contributed by atoms with Gasteiger partial charge < -0.3 is 10.2 Å². The lowest BCUT2D eigenvalue weighted by atomic mass is 10.1. The van der Waals surface area contributed by atoms with Crippen LogP contribution in [0, 0.1) is 13.8 Å². The highest BCUT2D eigenvalue weighted by Gasteiger charge is 2.31. The van der Waals surface area contributed by atoms with E-state index in [0.29, 0.717) is 39.7 Å². The summed E-state index contributed by atoms with van der Waals surface area (Å²) in [6.07, 6.45) is 0. The fourth-order valence-corrected chi connectivity index (χ4v) is 5.65. The SMILES string of the molecule is Cc1ccc(CNC(=O)c2ccc3c(c2)N(Cc2ccccc2C)C(=O)c2ccccc2[S@]3=O)cc1. The van der Waals surface area contributed by atoms with E-state index in [9.17, 15) is 13.8 Å². The third-order valence-electron chi connectivity index (χ3n) is 6.44. The van der Waals surface area contributed by atoms with E-state index < -0.39 is 10.8 Å². The molecule has 0 aromatic heterocycles. The molecular weight excluding hydrogens is 468 g/mol. The van der Waals surface area contributed by atoms with Crippen LogP contribution < -0.4 is 10.2 Å². The van der Waals surface area contributed by atoms with Crippen LogP contribution in [0.2, 0.25) is 0 Å². The molecule has 0 saturated heterocycles. The number of fused-ring (bicyclic) bond motifs is 2. The predicted octanol–water partition coefficient (Wildman–Crippen LogP) is 5.56. The third-order valence-corrected chi connectivity index (χ3v) is 7.94. The molecule has 2 amide bonds. The molecule has 0 aliphatic carbocycles. The predicted molar refractivity (Wildman–Crippen MR) is 142 cm³/mol. The number of hydrogen-bond donors (Lipinski definition) is 1. The maximum Gasteiger partial charge on any atom is 0.259 e. The zero-order chi connectivity index (χ0) is 25.2. The Morgan fingerprint density at radius 1 is 0.861 bits per heavy atom. The Balaban J connectivity index is 1.54. The molecule has 1 heterocycles. The van der Waals surface area contributed by atoms with E-state index in [1.807, 2.05) is 62.4 Å². The first kappa shape index (κ1) is 23.7. The van der Waals surface area contributed by atoms with Crippen molar-refractivity contribution in [3.05, 3.63) is 124 Å². The maximum absolute atomic E-state index is 13.8. The second-order valence-electron chi connectivity index (χ2n) is 8.93. The Morgan fingerprint density at radius 2 is 1.58 bits per heavy atom. The Hall–Kier alpha value is -4.03. The number of carbonyl (C=O) groups excluding carboxylic acids is 2. The number of amides is 2. The van der Waals surface area contributed by atoms with Gasteiger partial charge in [-0.05, 0) is 60.9 Å². The molecule has 0 bridgehead atoms. The van der Waals surface area contributed by atoms with E-state index in [2.05, 4.69) is 5.32 Å². The van der Waals surface area contributed by atoms with Crippen molar-refractivity contribution in [3.63, 3.8) is 0 Å². The van der Waals surface area contributed by atoms with Gasteiger partial charge in [-0.15, -0.1) is 0 Å². The molecule has 1 atom stereocenters. The van der Waals surface area contributed by atoms with Crippen LogP contribution in [-0.4, -0.2) is 16.0 Å². The molecule has 0 fully saturated rings. The summed E-state index contributed by atoms with van der Waals surface area (Å²) in [7, 11) is -1.56. The molecule has 5 nitrogen and oxygen atoms in total. The van der Waals surface area contributed by atoms with Crippen LogP contribution in [0.4, 0.5) is 5.69 Å². The topological polar surface area (TPSA) is 66.5 Å². The minimum atomic E-state index is -1.56. The molecule has 180 valence electrons. The van der Waals surface area contributed by atoms with Crippen molar-refractivity contribution < 1.29 is 13.8 Å². The number of carbonyl (C=O) groups is 2. The molecule has 4 aromatic rings. The molecule has 4 aromatic carbocycles. The quantitative estimate of drug-likeness (QED) is 0.395. The highest BCUT2D eigenvalue weighted by Crippen LogP contribution is 2.36.